The highest BCUT2D eigenvalue weighted by molar-refractivity contribution is 9.10. The van der Waals surface area contributed by atoms with E-state index < -0.39 is 67.0 Å². The van der Waals surface area contributed by atoms with Crippen LogP contribution >= 0.6 is 39.9 Å². The van der Waals surface area contributed by atoms with Crippen LogP contribution in [0.1, 0.15) is 33.3 Å². The molecule has 5 atom stereocenters. The van der Waals surface area contributed by atoms with Crippen molar-refractivity contribution in [3.05, 3.63) is 39.2 Å². The molecule has 38 heavy (non-hydrogen) atoms. The molecule has 11 nitrogen and oxygen atoms in total. The number of thioether (sulfide) groups is 1. The van der Waals surface area contributed by atoms with E-state index in [4.69, 9.17) is 35.9 Å². The second-order valence-corrected chi connectivity index (χ2v) is 10.8. The number of esters is 4. The van der Waals surface area contributed by atoms with Gasteiger partial charge in [0.1, 0.15) is 12.7 Å². The van der Waals surface area contributed by atoms with Crippen LogP contribution < -0.4 is 0 Å². The summed E-state index contributed by atoms with van der Waals surface area (Å²) in [4.78, 5) is 62.4. The number of rotatable bonds is 7. The number of halogens is 1. The molecule has 1 aromatic rings. The highest BCUT2D eigenvalue weighted by Gasteiger charge is 2.56. The van der Waals surface area contributed by atoms with Gasteiger partial charge in [0.05, 0.1) is 4.91 Å². The smallest absolute Gasteiger partial charge is 0.303 e. The Kier molecular flexibility index (Phi) is 10.0. The third kappa shape index (κ3) is 7.40. The molecular formula is C24H24BrNO10S2. The monoisotopic (exact) mass is 629 g/mol. The molecule has 0 saturated carbocycles. The predicted molar refractivity (Wildman–Crippen MR) is 141 cm³/mol. The lowest BCUT2D eigenvalue weighted by Crippen LogP contribution is -2.66. The number of amides is 1. The third-order valence-corrected chi connectivity index (χ3v) is 7.07. The molecule has 0 spiro atoms. The Morgan fingerprint density at radius 2 is 1.50 bits per heavy atom. The van der Waals surface area contributed by atoms with E-state index in [1.54, 1.807) is 18.2 Å². The Bertz CT molecular complexity index is 1170. The first-order chi connectivity index (χ1) is 17.9. The Morgan fingerprint density at radius 1 is 0.947 bits per heavy atom. The number of thiocarbonyl (C=S) groups is 1. The Hall–Kier alpha value is -2.81. The molecule has 0 aromatic heterocycles. The minimum atomic E-state index is -1.44. The zero-order valence-corrected chi connectivity index (χ0v) is 23.9. The van der Waals surface area contributed by atoms with Gasteiger partial charge in [0, 0.05) is 32.2 Å². The molecule has 2 saturated heterocycles. The maximum atomic E-state index is 13.5. The van der Waals surface area contributed by atoms with Gasteiger partial charge in [-0.05, 0) is 23.8 Å². The average molecular weight is 630 g/mol. The number of hydrogen-bond donors (Lipinski definition) is 0. The van der Waals surface area contributed by atoms with E-state index in [1.165, 1.54) is 6.92 Å². The summed E-state index contributed by atoms with van der Waals surface area (Å²) in [5.74, 6) is -3.52. The summed E-state index contributed by atoms with van der Waals surface area (Å²) in [6, 6.07) is 7.22. The molecule has 3 rings (SSSR count). The van der Waals surface area contributed by atoms with Crippen molar-refractivity contribution < 1.29 is 47.7 Å². The summed E-state index contributed by atoms with van der Waals surface area (Å²) in [7, 11) is 0. The van der Waals surface area contributed by atoms with Crippen molar-refractivity contribution in [1.82, 2.24) is 4.90 Å². The van der Waals surface area contributed by atoms with Crippen LogP contribution in [0.2, 0.25) is 0 Å². The molecule has 14 heteroatoms. The van der Waals surface area contributed by atoms with Gasteiger partial charge in [-0.25, -0.2) is 0 Å². The normalized spacial score (nSPS) is 26.2. The summed E-state index contributed by atoms with van der Waals surface area (Å²) in [6.45, 7) is 4.10. The summed E-state index contributed by atoms with van der Waals surface area (Å²) in [5.41, 5.74) is 0.732. The summed E-state index contributed by atoms with van der Waals surface area (Å²) in [5, 5.41) is 0. The van der Waals surface area contributed by atoms with Gasteiger partial charge >= 0.3 is 23.9 Å². The van der Waals surface area contributed by atoms with Gasteiger partial charge in [0.15, 0.2) is 28.9 Å². The molecule has 0 aliphatic carbocycles. The molecule has 5 unspecified atom stereocenters. The van der Waals surface area contributed by atoms with Crippen molar-refractivity contribution in [1.29, 1.82) is 0 Å². The lowest BCUT2D eigenvalue weighted by Gasteiger charge is -2.46. The molecule has 1 amide bonds. The number of ether oxygens (including phenoxy) is 5. The molecule has 2 aliphatic heterocycles. The van der Waals surface area contributed by atoms with E-state index in [2.05, 4.69) is 15.9 Å². The number of hydrogen-bond acceptors (Lipinski definition) is 12. The van der Waals surface area contributed by atoms with Gasteiger partial charge in [-0.2, -0.15) is 0 Å². The number of carbonyl (C=O) groups is 5. The highest BCUT2D eigenvalue weighted by Crippen LogP contribution is 2.39. The van der Waals surface area contributed by atoms with Crippen LogP contribution in [0.15, 0.2) is 33.6 Å². The maximum absolute atomic E-state index is 13.5. The van der Waals surface area contributed by atoms with Crippen LogP contribution in [-0.2, 0) is 47.7 Å². The van der Waals surface area contributed by atoms with Crippen molar-refractivity contribution in [3.63, 3.8) is 0 Å². The molecule has 2 aliphatic rings. The van der Waals surface area contributed by atoms with E-state index in [1.807, 2.05) is 12.1 Å². The van der Waals surface area contributed by atoms with E-state index in [0.717, 1.165) is 47.5 Å². The lowest BCUT2D eigenvalue weighted by molar-refractivity contribution is -0.268. The summed E-state index contributed by atoms with van der Waals surface area (Å²) in [6.07, 6.45) is -5.17. The molecule has 2 fully saturated rings. The van der Waals surface area contributed by atoms with Gasteiger partial charge in [0.25, 0.3) is 5.91 Å². The zero-order valence-electron chi connectivity index (χ0n) is 20.7. The summed E-state index contributed by atoms with van der Waals surface area (Å²) >= 11 is 9.83. The predicted octanol–water partition coefficient (Wildman–Crippen LogP) is 2.73. The Morgan fingerprint density at radius 3 is 2.05 bits per heavy atom. The third-order valence-electron chi connectivity index (χ3n) is 5.21. The fraction of sp³-hybridized carbons (Fsp3) is 0.417. The maximum Gasteiger partial charge on any atom is 0.303 e. The molecule has 0 bridgehead atoms. The van der Waals surface area contributed by atoms with Crippen LogP contribution in [0.4, 0.5) is 0 Å². The van der Waals surface area contributed by atoms with Gasteiger partial charge in [-0.15, -0.1) is 0 Å². The lowest BCUT2D eigenvalue weighted by atomic mass is 9.96. The van der Waals surface area contributed by atoms with Crippen molar-refractivity contribution >= 4 is 80.1 Å². The fourth-order valence-corrected chi connectivity index (χ4v) is 5.40. The van der Waals surface area contributed by atoms with Gasteiger partial charge in [0.2, 0.25) is 0 Å². The Balaban J connectivity index is 2.04. The molecule has 1 aromatic carbocycles. The molecule has 2 heterocycles. The van der Waals surface area contributed by atoms with Crippen LogP contribution in [0, 0.1) is 0 Å². The van der Waals surface area contributed by atoms with Crippen LogP contribution in [0.3, 0.4) is 0 Å². The highest BCUT2D eigenvalue weighted by atomic mass is 79.9. The van der Waals surface area contributed by atoms with Crippen LogP contribution in [-0.4, -0.2) is 76.3 Å². The first-order valence-corrected chi connectivity index (χ1v) is 13.2. The largest absolute Gasteiger partial charge is 0.463 e. The van der Waals surface area contributed by atoms with Gasteiger partial charge in [-0.3, -0.25) is 28.9 Å². The summed E-state index contributed by atoms with van der Waals surface area (Å²) < 4.78 is 28.3. The number of benzene rings is 1. The molecule has 204 valence electrons. The van der Waals surface area contributed by atoms with Gasteiger partial charge in [-0.1, -0.05) is 52.0 Å². The van der Waals surface area contributed by atoms with E-state index in [-0.39, 0.29) is 9.23 Å². The molecular weight excluding hydrogens is 606 g/mol. The minimum Gasteiger partial charge on any atom is -0.463 e. The second kappa shape index (κ2) is 12.8. The van der Waals surface area contributed by atoms with E-state index >= 15 is 0 Å². The fourth-order valence-electron chi connectivity index (χ4n) is 3.82. The minimum absolute atomic E-state index is 0.0826. The van der Waals surface area contributed by atoms with E-state index in [0.29, 0.717) is 0 Å². The van der Waals surface area contributed by atoms with Crippen LogP contribution in [0.5, 0.6) is 0 Å². The SMILES string of the molecule is CC(=O)OCC1OC(N2C(=O)C(=Cc3ccc(Br)cc3)SC2=S)C(OC(C)=O)C(OC(C)=O)C1OC(C)=O. The first kappa shape index (κ1) is 29.7. The van der Waals surface area contributed by atoms with Crippen molar-refractivity contribution in [2.45, 2.75) is 58.3 Å². The number of nitrogens with zero attached hydrogens (tertiary/aromatic N) is 1. The first-order valence-electron chi connectivity index (χ1n) is 11.2. The van der Waals surface area contributed by atoms with Crippen molar-refractivity contribution in [2.24, 2.45) is 0 Å². The average Bonchev–Trinajstić information content (AvgIpc) is 3.08. The molecule has 0 radical (unpaired) electrons. The molecule has 0 N–H and O–H groups in total. The zero-order chi connectivity index (χ0) is 28.1. The van der Waals surface area contributed by atoms with Crippen molar-refractivity contribution in [3.8, 4) is 0 Å². The topological polar surface area (TPSA) is 135 Å². The van der Waals surface area contributed by atoms with Crippen LogP contribution in [0.25, 0.3) is 6.08 Å². The Labute approximate surface area is 236 Å². The number of carbonyl (C=O) groups excluding carboxylic acids is 5. The van der Waals surface area contributed by atoms with Gasteiger partial charge < -0.3 is 23.7 Å². The quantitative estimate of drug-likeness (QED) is 0.190. The van der Waals surface area contributed by atoms with E-state index in [9.17, 15) is 24.0 Å². The second-order valence-electron chi connectivity index (χ2n) is 8.19. The van der Waals surface area contributed by atoms with Crippen molar-refractivity contribution in [2.75, 3.05) is 6.61 Å². The standard InChI is InChI=1S/C24H24BrNO10S2/c1-11(27)32-10-17-19(33-12(2)28)20(34-13(3)29)21(35-14(4)30)23(36-17)26-22(31)18(38-24(26)37)9-15-5-7-16(25)8-6-15/h5-9,17,19-21,23H,10H2,1-4H3.